The molecule has 0 aliphatic heterocycles. The maximum atomic E-state index is 5.88. The van der Waals surface area contributed by atoms with Crippen molar-refractivity contribution in [3.05, 3.63) is 46.4 Å². The Morgan fingerprint density at radius 1 is 1.35 bits per heavy atom. The summed E-state index contributed by atoms with van der Waals surface area (Å²) in [6.07, 6.45) is 1.57. The summed E-state index contributed by atoms with van der Waals surface area (Å²) in [5, 5.41) is 8.06. The average molecular weight is 264 g/mol. The fourth-order valence-electron chi connectivity index (χ4n) is 1.81. The second-order valence-electron chi connectivity index (χ2n) is 3.79. The van der Waals surface area contributed by atoms with Crippen molar-refractivity contribution >= 4 is 38.8 Å². The zero-order valence-corrected chi connectivity index (χ0v) is 10.5. The van der Waals surface area contributed by atoms with Gasteiger partial charge in [0.05, 0.1) is 12.7 Å². The number of hydrogen-bond donors (Lipinski definition) is 1. The highest BCUT2D eigenvalue weighted by atomic mass is 35.5. The first kappa shape index (κ1) is 10.6. The molecule has 1 aromatic carbocycles. The quantitative estimate of drug-likeness (QED) is 0.770. The highest BCUT2D eigenvalue weighted by molar-refractivity contribution is 7.17. The Labute approximate surface area is 107 Å². The average Bonchev–Trinajstić information content (AvgIpc) is 2.89. The molecular formula is C12H10ClN3S. The number of nitrogen functional groups attached to an aromatic ring is 1. The number of hydrogen-bond acceptors (Lipinski definition) is 3. The van der Waals surface area contributed by atoms with E-state index in [1.807, 2.05) is 12.1 Å². The number of nitrogens with zero attached hydrogens (tertiary/aromatic N) is 2. The highest BCUT2D eigenvalue weighted by Gasteiger charge is 2.08. The van der Waals surface area contributed by atoms with Crippen molar-refractivity contribution in [2.45, 2.75) is 6.54 Å². The van der Waals surface area contributed by atoms with Gasteiger partial charge >= 0.3 is 0 Å². The van der Waals surface area contributed by atoms with Gasteiger partial charge in [-0.1, -0.05) is 29.8 Å². The molecule has 2 aromatic heterocycles. The first-order chi connectivity index (χ1) is 8.25. The fourth-order valence-corrected chi connectivity index (χ4v) is 2.91. The van der Waals surface area contributed by atoms with Crippen molar-refractivity contribution < 1.29 is 0 Å². The van der Waals surface area contributed by atoms with Crippen LogP contribution in [-0.2, 0) is 6.54 Å². The first-order valence-corrected chi connectivity index (χ1v) is 6.43. The summed E-state index contributed by atoms with van der Waals surface area (Å²) in [7, 11) is 0. The van der Waals surface area contributed by atoms with Gasteiger partial charge in [0.15, 0.2) is 0 Å². The van der Waals surface area contributed by atoms with Crippen molar-refractivity contribution in [2.24, 2.45) is 0 Å². The molecule has 3 rings (SSSR count). The molecule has 0 saturated carbocycles. The molecule has 0 fully saturated rings. The zero-order valence-electron chi connectivity index (χ0n) is 8.93. The van der Waals surface area contributed by atoms with Gasteiger partial charge in [0.25, 0.3) is 0 Å². The van der Waals surface area contributed by atoms with E-state index < -0.39 is 0 Å². The molecule has 0 spiro atoms. The van der Waals surface area contributed by atoms with E-state index in [-0.39, 0.29) is 0 Å². The van der Waals surface area contributed by atoms with Crippen molar-refractivity contribution in [2.75, 3.05) is 5.73 Å². The van der Waals surface area contributed by atoms with Crippen LogP contribution in [0.4, 0.5) is 5.82 Å². The minimum Gasteiger partial charge on any atom is -0.383 e. The molecule has 5 heteroatoms. The standard InChI is InChI=1S/C12H10ClN3S/c13-10-5-15-16(12(10)14)6-8-7-17-11-4-2-1-3-9(8)11/h1-5,7H,6,14H2. The van der Waals surface area contributed by atoms with Gasteiger partial charge in [-0.2, -0.15) is 5.10 Å². The topological polar surface area (TPSA) is 43.8 Å². The van der Waals surface area contributed by atoms with Crippen molar-refractivity contribution in [3.8, 4) is 0 Å². The summed E-state index contributed by atoms with van der Waals surface area (Å²) in [5.41, 5.74) is 7.05. The summed E-state index contributed by atoms with van der Waals surface area (Å²) < 4.78 is 3.00. The Balaban J connectivity index is 2.03. The molecule has 86 valence electrons. The summed E-state index contributed by atoms with van der Waals surface area (Å²) in [5.74, 6) is 0.516. The molecule has 0 radical (unpaired) electrons. The van der Waals surface area contributed by atoms with Crippen LogP contribution in [0.5, 0.6) is 0 Å². The molecule has 0 unspecified atom stereocenters. The van der Waals surface area contributed by atoms with Gasteiger partial charge in [-0.15, -0.1) is 11.3 Å². The van der Waals surface area contributed by atoms with E-state index in [2.05, 4.69) is 22.6 Å². The summed E-state index contributed by atoms with van der Waals surface area (Å²) in [6, 6.07) is 8.31. The van der Waals surface area contributed by atoms with Gasteiger partial charge in [0, 0.05) is 4.70 Å². The van der Waals surface area contributed by atoms with Crippen LogP contribution in [0.2, 0.25) is 5.02 Å². The number of nitrogens with two attached hydrogens (primary N) is 1. The Morgan fingerprint density at radius 3 is 2.94 bits per heavy atom. The Morgan fingerprint density at radius 2 is 2.18 bits per heavy atom. The van der Waals surface area contributed by atoms with Crippen LogP contribution >= 0.6 is 22.9 Å². The molecule has 0 bridgehead atoms. The summed E-state index contributed by atoms with van der Waals surface area (Å²) >= 11 is 7.61. The predicted octanol–water partition coefficient (Wildman–Crippen LogP) is 3.38. The smallest absolute Gasteiger partial charge is 0.140 e. The lowest BCUT2D eigenvalue weighted by Gasteiger charge is -2.03. The highest BCUT2D eigenvalue weighted by Crippen LogP contribution is 2.27. The summed E-state index contributed by atoms with van der Waals surface area (Å²) in [4.78, 5) is 0. The molecule has 0 atom stereocenters. The lowest BCUT2D eigenvalue weighted by atomic mass is 10.2. The molecule has 2 heterocycles. The van der Waals surface area contributed by atoms with Gasteiger partial charge in [0.1, 0.15) is 10.8 Å². The number of benzene rings is 1. The predicted molar refractivity (Wildman–Crippen MR) is 72.6 cm³/mol. The second-order valence-corrected chi connectivity index (χ2v) is 5.11. The molecule has 0 aliphatic carbocycles. The van der Waals surface area contributed by atoms with Crippen LogP contribution in [0, 0.1) is 0 Å². The third-order valence-corrected chi connectivity index (χ3v) is 4.02. The van der Waals surface area contributed by atoms with E-state index in [9.17, 15) is 0 Å². The largest absolute Gasteiger partial charge is 0.383 e. The van der Waals surface area contributed by atoms with Crippen molar-refractivity contribution in [1.29, 1.82) is 0 Å². The van der Waals surface area contributed by atoms with Crippen LogP contribution in [-0.4, -0.2) is 9.78 Å². The van der Waals surface area contributed by atoms with Gasteiger partial charge in [-0.3, -0.25) is 0 Å². The number of anilines is 1. The maximum Gasteiger partial charge on any atom is 0.140 e. The van der Waals surface area contributed by atoms with Gasteiger partial charge in [-0.05, 0) is 22.4 Å². The molecule has 0 aliphatic rings. The molecule has 0 amide bonds. The second kappa shape index (κ2) is 4.05. The number of halogens is 1. The molecule has 17 heavy (non-hydrogen) atoms. The van der Waals surface area contributed by atoms with Crippen LogP contribution in [0.25, 0.3) is 10.1 Å². The molecule has 3 nitrogen and oxygen atoms in total. The first-order valence-electron chi connectivity index (χ1n) is 5.17. The van der Waals surface area contributed by atoms with E-state index in [4.69, 9.17) is 17.3 Å². The van der Waals surface area contributed by atoms with Crippen molar-refractivity contribution in [3.63, 3.8) is 0 Å². The van der Waals surface area contributed by atoms with E-state index in [0.717, 1.165) is 0 Å². The van der Waals surface area contributed by atoms with Crippen molar-refractivity contribution in [1.82, 2.24) is 9.78 Å². The van der Waals surface area contributed by atoms with E-state index >= 15 is 0 Å². The minimum absolute atomic E-state index is 0.504. The number of thiophene rings is 1. The summed E-state index contributed by atoms with van der Waals surface area (Å²) in [6.45, 7) is 0.655. The molecule has 3 aromatic rings. The Hall–Kier alpha value is -1.52. The van der Waals surface area contributed by atoms with E-state index in [1.54, 1.807) is 22.2 Å². The molecule has 2 N–H and O–H groups in total. The van der Waals surface area contributed by atoms with Crippen LogP contribution in [0.3, 0.4) is 0 Å². The Bertz CT molecular complexity index is 671. The fraction of sp³-hybridized carbons (Fsp3) is 0.0833. The number of rotatable bonds is 2. The normalized spacial score (nSPS) is 11.1. The van der Waals surface area contributed by atoms with E-state index in [0.29, 0.717) is 17.4 Å². The van der Waals surface area contributed by atoms with Crippen LogP contribution in [0.1, 0.15) is 5.56 Å². The molecular weight excluding hydrogens is 254 g/mol. The van der Waals surface area contributed by atoms with Gasteiger partial charge < -0.3 is 5.73 Å². The number of fused-ring (bicyclic) bond motifs is 1. The van der Waals surface area contributed by atoms with E-state index in [1.165, 1.54) is 15.6 Å². The monoisotopic (exact) mass is 263 g/mol. The van der Waals surface area contributed by atoms with Crippen LogP contribution in [0.15, 0.2) is 35.8 Å². The van der Waals surface area contributed by atoms with Gasteiger partial charge in [-0.25, -0.2) is 4.68 Å². The minimum atomic E-state index is 0.504. The van der Waals surface area contributed by atoms with Crippen LogP contribution < -0.4 is 5.73 Å². The zero-order chi connectivity index (χ0) is 11.8. The Kier molecular flexibility index (Phi) is 2.53. The number of aromatic nitrogens is 2. The maximum absolute atomic E-state index is 5.88. The SMILES string of the molecule is Nc1c(Cl)cnn1Cc1csc2ccccc12. The van der Waals surface area contributed by atoms with Gasteiger partial charge in [0.2, 0.25) is 0 Å². The lowest BCUT2D eigenvalue weighted by Crippen LogP contribution is -2.05. The molecule has 0 saturated heterocycles. The third kappa shape index (κ3) is 1.79. The third-order valence-electron chi connectivity index (χ3n) is 2.71. The lowest BCUT2D eigenvalue weighted by molar-refractivity contribution is 0.702.